The second-order valence-corrected chi connectivity index (χ2v) is 10.9. The van der Waals surface area contributed by atoms with Gasteiger partial charge in [-0.05, 0) is 73.1 Å². The Morgan fingerprint density at radius 1 is 0.467 bits per heavy atom. The zero-order valence-electron chi connectivity index (χ0n) is 22.4. The monoisotopic (exact) mass is 717 g/mol. The van der Waals surface area contributed by atoms with Crippen molar-refractivity contribution < 1.29 is 14.4 Å². The number of benzene rings is 3. The van der Waals surface area contributed by atoms with Gasteiger partial charge in [0.25, 0.3) is 17.7 Å². The van der Waals surface area contributed by atoms with E-state index in [4.69, 9.17) is 71.5 Å². The number of hydrogen-bond donors (Lipinski definition) is 6. The van der Waals surface area contributed by atoms with Gasteiger partial charge in [-0.3, -0.25) is 30.3 Å². The van der Waals surface area contributed by atoms with E-state index in [9.17, 15) is 14.4 Å². The third-order valence-electron chi connectivity index (χ3n) is 5.35. The molecule has 0 saturated carbocycles. The molecule has 0 aliphatic heterocycles. The van der Waals surface area contributed by atoms with Gasteiger partial charge < -0.3 is 16.0 Å². The number of rotatable bonds is 6. The first-order valence-electron chi connectivity index (χ1n) is 12.4. The third kappa shape index (κ3) is 9.55. The smallest absolute Gasteiger partial charge is 0.258 e. The van der Waals surface area contributed by atoms with Gasteiger partial charge in [-0.15, -0.1) is 0 Å². The summed E-state index contributed by atoms with van der Waals surface area (Å²) in [6.07, 6.45) is 0. The number of aromatic nitrogens is 3. The molecule has 18 heteroatoms. The third-order valence-corrected chi connectivity index (χ3v) is 6.95. The summed E-state index contributed by atoms with van der Waals surface area (Å²) in [7, 11) is 0. The molecule has 1 heterocycles. The lowest BCUT2D eigenvalue weighted by molar-refractivity contribution is 0.0969. The van der Waals surface area contributed by atoms with Crippen LogP contribution < -0.4 is 31.9 Å². The van der Waals surface area contributed by atoms with E-state index >= 15 is 0 Å². The average molecular weight is 719 g/mol. The zero-order valence-corrected chi connectivity index (χ0v) is 27.1. The Morgan fingerprint density at radius 3 is 0.956 bits per heavy atom. The van der Waals surface area contributed by atoms with Crippen LogP contribution in [0.4, 0.5) is 17.8 Å². The molecule has 0 fully saturated rings. The molecule has 0 aliphatic carbocycles. The summed E-state index contributed by atoms with van der Waals surface area (Å²) >= 11 is 34.0. The topological polar surface area (TPSA) is 162 Å². The van der Waals surface area contributed by atoms with Gasteiger partial charge in [0.2, 0.25) is 17.8 Å². The molecule has 0 spiro atoms. The molecule has 3 amide bonds. The summed E-state index contributed by atoms with van der Waals surface area (Å²) in [6.45, 7) is 0. The molecular weight excluding hydrogens is 701 g/mol. The first kappa shape index (κ1) is 33.5. The summed E-state index contributed by atoms with van der Waals surface area (Å²) in [6, 6.07) is 19.1. The van der Waals surface area contributed by atoms with Gasteiger partial charge in [0.1, 0.15) is 0 Å². The van der Waals surface area contributed by atoms with E-state index in [0.29, 0.717) is 0 Å². The van der Waals surface area contributed by atoms with Crippen molar-refractivity contribution in [2.24, 2.45) is 0 Å². The van der Waals surface area contributed by atoms with Crippen molar-refractivity contribution in [3.63, 3.8) is 0 Å². The van der Waals surface area contributed by atoms with E-state index in [-0.39, 0.29) is 64.9 Å². The van der Waals surface area contributed by atoms with Gasteiger partial charge in [0, 0.05) is 0 Å². The number of nitrogens with zero attached hydrogens (tertiary/aromatic N) is 3. The lowest BCUT2D eigenvalue weighted by Crippen LogP contribution is -2.37. The maximum atomic E-state index is 12.6. The fraction of sp³-hybridized carbons (Fsp3) is 0. The predicted molar refractivity (Wildman–Crippen MR) is 185 cm³/mol. The van der Waals surface area contributed by atoms with Crippen LogP contribution in [0.1, 0.15) is 31.1 Å². The fourth-order valence-electron chi connectivity index (χ4n) is 3.39. The van der Waals surface area contributed by atoms with Crippen LogP contribution in [0.25, 0.3) is 0 Å². The van der Waals surface area contributed by atoms with Crippen LogP contribution in [-0.4, -0.2) is 48.0 Å². The van der Waals surface area contributed by atoms with Crippen molar-refractivity contribution in [3.8, 4) is 0 Å². The van der Waals surface area contributed by atoms with E-state index in [1.807, 2.05) is 0 Å². The molecule has 6 N–H and O–H groups in total. The molecule has 45 heavy (non-hydrogen) atoms. The number of carbonyl (C=O) groups is 3. The van der Waals surface area contributed by atoms with Crippen LogP contribution in [-0.2, 0) is 0 Å². The normalized spacial score (nSPS) is 10.2. The van der Waals surface area contributed by atoms with Gasteiger partial charge in [-0.25, -0.2) is 0 Å². The van der Waals surface area contributed by atoms with Crippen LogP contribution in [0.5, 0.6) is 0 Å². The lowest BCUT2D eigenvalue weighted by Gasteiger charge is -2.14. The molecule has 0 radical (unpaired) electrons. The van der Waals surface area contributed by atoms with Crippen molar-refractivity contribution in [2.45, 2.75) is 0 Å². The van der Waals surface area contributed by atoms with Gasteiger partial charge >= 0.3 is 0 Å². The first-order chi connectivity index (χ1) is 21.5. The van der Waals surface area contributed by atoms with Crippen molar-refractivity contribution in [1.82, 2.24) is 30.9 Å². The van der Waals surface area contributed by atoms with Crippen LogP contribution in [0, 0.1) is 0 Å². The van der Waals surface area contributed by atoms with Crippen molar-refractivity contribution >= 4 is 122 Å². The average Bonchev–Trinajstić information content (AvgIpc) is 2.97. The summed E-state index contributed by atoms with van der Waals surface area (Å²) < 4.78 is 0. The molecule has 0 atom stereocenters. The number of halogens is 3. The highest BCUT2D eigenvalue weighted by Gasteiger charge is 2.17. The molecule has 228 valence electrons. The molecule has 1 aromatic heterocycles. The largest absolute Gasteiger partial charge is 0.301 e. The lowest BCUT2D eigenvalue weighted by atomic mass is 10.2. The maximum Gasteiger partial charge on any atom is 0.258 e. The van der Waals surface area contributed by atoms with Gasteiger partial charge in [0.15, 0.2) is 15.3 Å². The van der Waals surface area contributed by atoms with Gasteiger partial charge in [-0.2, -0.15) is 15.0 Å². The highest BCUT2D eigenvalue weighted by Crippen LogP contribution is 2.17. The predicted octanol–water partition coefficient (Wildman–Crippen LogP) is 5.21. The highest BCUT2D eigenvalue weighted by atomic mass is 35.5. The highest BCUT2D eigenvalue weighted by molar-refractivity contribution is 7.81. The van der Waals surface area contributed by atoms with Crippen LogP contribution in [0.2, 0.25) is 15.1 Å². The first-order valence-corrected chi connectivity index (χ1v) is 14.7. The van der Waals surface area contributed by atoms with E-state index in [2.05, 4.69) is 46.9 Å². The van der Waals surface area contributed by atoms with E-state index in [0.717, 1.165) is 0 Å². The standard InChI is InChI=1S/C27H18Cl3N9O3S3/c28-16-10-4-1-7-13(16)19(40)31-25(43)37-22-34-23(38-26(44)32-20(41)14-8-2-5-11-17(14)29)36-24(35-22)39-27(45)33-21(42)15-9-3-6-12-18(15)30/h1-12H,(H6,31,32,33,34,35,36,37,38,39,40,41,42,43,44,45). The van der Waals surface area contributed by atoms with E-state index < -0.39 is 17.7 Å². The van der Waals surface area contributed by atoms with Gasteiger partial charge in [0.05, 0.1) is 31.8 Å². The van der Waals surface area contributed by atoms with Crippen molar-refractivity contribution in [3.05, 3.63) is 105 Å². The summed E-state index contributed by atoms with van der Waals surface area (Å²) in [4.78, 5) is 50.5. The Balaban J connectivity index is 1.51. The minimum atomic E-state index is -0.587. The molecule has 12 nitrogen and oxygen atoms in total. The SMILES string of the molecule is O=C(NC(=S)Nc1nc(NC(=S)NC(=O)c2ccccc2Cl)nc(NC(=S)NC(=O)c2ccccc2Cl)n1)c1ccccc1Cl. The van der Waals surface area contributed by atoms with Crippen molar-refractivity contribution in [2.75, 3.05) is 16.0 Å². The minimum Gasteiger partial charge on any atom is -0.301 e. The number of carbonyl (C=O) groups excluding carboxylic acids is 3. The van der Waals surface area contributed by atoms with E-state index in [1.165, 1.54) is 18.2 Å². The Labute approximate surface area is 286 Å². The molecule has 3 aromatic carbocycles. The molecular formula is C27H18Cl3N9O3S3. The Morgan fingerprint density at radius 2 is 0.711 bits per heavy atom. The van der Waals surface area contributed by atoms with E-state index in [1.54, 1.807) is 54.6 Å². The Bertz CT molecular complexity index is 1620. The Kier molecular flexibility index (Phi) is 11.6. The zero-order chi connectivity index (χ0) is 32.5. The van der Waals surface area contributed by atoms with Crippen molar-refractivity contribution in [1.29, 1.82) is 0 Å². The second-order valence-electron chi connectivity index (χ2n) is 8.47. The molecule has 0 aliphatic rings. The summed E-state index contributed by atoms with van der Waals surface area (Å²) in [5, 5.41) is 15.5. The molecule has 0 saturated heterocycles. The Hall–Kier alpha value is -4.38. The maximum absolute atomic E-state index is 12.6. The van der Waals surface area contributed by atoms with Gasteiger partial charge in [-0.1, -0.05) is 71.2 Å². The number of nitrogens with one attached hydrogen (secondary N) is 6. The van der Waals surface area contributed by atoms with Crippen LogP contribution in [0.3, 0.4) is 0 Å². The number of hydrogen-bond acceptors (Lipinski definition) is 9. The number of anilines is 3. The number of amides is 3. The molecule has 0 unspecified atom stereocenters. The molecule has 4 rings (SSSR count). The number of thiocarbonyl (C=S) groups is 3. The second kappa shape index (κ2) is 15.6. The van der Waals surface area contributed by atoms with Crippen LogP contribution in [0.15, 0.2) is 72.8 Å². The quantitative estimate of drug-likeness (QED) is 0.145. The molecule has 4 aromatic rings. The van der Waals surface area contributed by atoms with Crippen LogP contribution >= 0.6 is 71.5 Å². The molecule has 0 bridgehead atoms. The summed E-state index contributed by atoms with van der Waals surface area (Å²) in [5.41, 5.74) is 0.550. The minimum absolute atomic E-state index is 0.181. The fourth-order valence-corrected chi connectivity index (χ4v) is 4.61. The summed E-state index contributed by atoms with van der Waals surface area (Å²) in [5.74, 6) is -2.30.